The van der Waals surface area contributed by atoms with Crippen LogP contribution in [0.3, 0.4) is 0 Å². The van der Waals surface area contributed by atoms with Crippen LogP contribution in [0.25, 0.3) is 0 Å². The average molecular weight is 648 g/mol. The van der Waals surface area contributed by atoms with Gasteiger partial charge in [0.05, 0.1) is 10.6 Å². The smallest absolute Gasteiger partial charge is 0.371 e. The fourth-order valence-electron chi connectivity index (χ4n) is 5.20. The molecule has 16 heteroatoms. The summed E-state index contributed by atoms with van der Waals surface area (Å²) in [4.78, 5) is 16.3. The Morgan fingerprint density at radius 2 is 1.90 bits per heavy atom. The van der Waals surface area contributed by atoms with Crippen molar-refractivity contribution in [3.8, 4) is 5.75 Å². The number of aliphatic imine (C=N–C) groups is 1. The van der Waals surface area contributed by atoms with Gasteiger partial charge in [0.1, 0.15) is 17.8 Å². The number of nitrogens with zero attached hydrogens (tertiary/aromatic N) is 5. The Morgan fingerprint density at radius 1 is 1.10 bits per heavy atom. The van der Waals surface area contributed by atoms with Crippen molar-refractivity contribution in [1.82, 2.24) is 19.2 Å². The molecule has 3 aliphatic heterocycles. The highest BCUT2D eigenvalue weighted by Crippen LogP contribution is 2.46. The molecule has 3 aliphatic rings. The summed E-state index contributed by atoms with van der Waals surface area (Å²) in [7, 11) is -7.87. The number of nitrogens with one attached hydrogen (secondary N) is 1. The van der Waals surface area contributed by atoms with Gasteiger partial charge in [-0.2, -0.15) is 17.9 Å². The lowest BCUT2D eigenvalue weighted by molar-refractivity contribution is 0.326. The normalized spacial score (nSPS) is 22.6. The third kappa shape index (κ3) is 6.11. The first kappa shape index (κ1) is 28.9. The van der Waals surface area contributed by atoms with Gasteiger partial charge in [0.2, 0.25) is 16.0 Å². The summed E-state index contributed by atoms with van der Waals surface area (Å²) in [5.41, 5.74) is 1.41. The van der Waals surface area contributed by atoms with Gasteiger partial charge in [0.15, 0.2) is 5.17 Å². The van der Waals surface area contributed by atoms with Crippen LogP contribution < -0.4 is 14.6 Å². The Morgan fingerprint density at radius 3 is 2.69 bits per heavy atom. The molecule has 3 atom stereocenters. The van der Waals surface area contributed by atoms with Gasteiger partial charge < -0.3 is 14.4 Å². The highest BCUT2D eigenvalue weighted by molar-refractivity contribution is 8.16. The molecule has 42 heavy (non-hydrogen) atoms. The molecule has 0 radical (unpaired) electrons. The van der Waals surface area contributed by atoms with E-state index in [0.29, 0.717) is 29.6 Å². The lowest BCUT2D eigenvalue weighted by atomic mass is 9.97. The number of hydrogen-bond acceptors (Lipinski definition) is 11. The van der Waals surface area contributed by atoms with E-state index in [0.717, 1.165) is 17.2 Å². The van der Waals surface area contributed by atoms with E-state index >= 15 is 0 Å². The minimum Gasteiger partial charge on any atom is -0.371 e. The van der Waals surface area contributed by atoms with Crippen molar-refractivity contribution in [1.29, 1.82) is 0 Å². The Kier molecular flexibility index (Phi) is 7.89. The fourth-order valence-corrected chi connectivity index (χ4v) is 8.01. The van der Waals surface area contributed by atoms with Gasteiger partial charge in [-0.15, -0.1) is 0 Å². The second kappa shape index (κ2) is 11.5. The number of anilines is 1. The molecule has 0 aliphatic carbocycles. The minimum atomic E-state index is -4.19. The Bertz CT molecular complexity index is 1770. The van der Waals surface area contributed by atoms with Gasteiger partial charge in [-0.05, 0) is 66.3 Å². The Labute approximate surface area is 253 Å². The van der Waals surface area contributed by atoms with Gasteiger partial charge >= 0.3 is 10.3 Å². The van der Waals surface area contributed by atoms with Crippen LogP contribution in [0, 0.1) is 0 Å². The fraction of sp³-hybridized carbons (Fsp3) is 0.269. The molecular weight excluding hydrogens is 622 g/mol. The largest absolute Gasteiger partial charge is 0.380 e. The van der Waals surface area contributed by atoms with Crippen molar-refractivity contribution in [3.63, 3.8) is 0 Å². The van der Waals surface area contributed by atoms with Gasteiger partial charge in [0.25, 0.3) is 0 Å². The summed E-state index contributed by atoms with van der Waals surface area (Å²) in [6.07, 6.45) is 5.01. The van der Waals surface area contributed by atoms with E-state index in [1.54, 1.807) is 36.5 Å². The maximum absolute atomic E-state index is 13.2. The number of nitrogens with two attached hydrogens (primary N) is 1. The topological polar surface area (TPSA) is 160 Å². The molecule has 0 amide bonds. The number of sulfonamides is 1. The zero-order valence-corrected chi connectivity index (χ0v) is 25.2. The van der Waals surface area contributed by atoms with Crippen LogP contribution in [0.5, 0.6) is 5.75 Å². The summed E-state index contributed by atoms with van der Waals surface area (Å²) in [5, 5.41) is 11.6. The second-order valence-electron chi connectivity index (χ2n) is 9.87. The van der Waals surface area contributed by atoms with Crippen molar-refractivity contribution in [2.45, 2.75) is 35.9 Å². The third-order valence-corrected chi connectivity index (χ3v) is 10.4. The average Bonchev–Trinajstić information content (AvgIpc) is 3.55. The van der Waals surface area contributed by atoms with Crippen molar-refractivity contribution in [2.75, 3.05) is 18.4 Å². The number of thioether (sulfide) groups is 1. The molecular formula is C26H26ClN7O5S3. The number of piperidine rings is 1. The second-order valence-corrected chi connectivity index (χ2v) is 14.3. The zero-order chi connectivity index (χ0) is 29.5. The Hall–Kier alpha value is -3.21. The summed E-state index contributed by atoms with van der Waals surface area (Å²) < 4.78 is 55.8. The summed E-state index contributed by atoms with van der Waals surface area (Å²) in [5.74, 6) is 0.460. The molecule has 1 fully saturated rings. The van der Waals surface area contributed by atoms with E-state index in [4.69, 9.17) is 30.9 Å². The van der Waals surface area contributed by atoms with Crippen LogP contribution in [-0.4, -0.2) is 60.3 Å². The number of benzene rings is 2. The highest BCUT2D eigenvalue weighted by Gasteiger charge is 2.40. The molecule has 12 nitrogen and oxygen atoms in total. The molecule has 2 aromatic carbocycles. The predicted molar refractivity (Wildman–Crippen MR) is 161 cm³/mol. The summed E-state index contributed by atoms with van der Waals surface area (Å²) in [6, 6.07) is 13.6. The van der Waals surface area contributed by atoms with Crippen molar-refractivity contribution < 1.29 is 21.0 Å². The molecule has 4 heterocycles. The summed E-state index contributed by atoms with van der Waals surface area (Å²) in [6.45, 7) is 0.682. The number of halogens is 1. The van der Waals surface area contributed by atoms with E-state index < -0.39 is 26.4 Å². The molecule has 1 aromatic heterocycles. The Balaban J connectivity index is 1.23. The third-order valence-electron chi connectivity index (χ3n) is 7.02. The lowest BCUT2D eigenvalue weighted by Gasteiger charge is -2.32. The number of amidine groups is 1. The van der Waals surface area contributed by atoms with Crippen molar-refractivity contribution in [3.05, 3.63) is 88.7 Å². The molecule has 220 valence electrons. The van der Waals surface area contributed by atoms with Crippen LogP contribution in [0.2, 0.25) is 5.02 Å². The van der Waals surface area contributed by atoms with Crippen molar-refractivity contribution in [2.24, 2.45) is 10.1 Å². The highest BCUT2D eigenvalue weighted by atomic mass is 35.5. The van der Waals surface area contributed by atoms with Gasteiger partial charge in [-0.25, -0.2) is 18.4 Å². The quantitative estimate of drug-likeness (QED) is 0.369. The first-order chi connectivity index (χ1) is 20.1. The first-order valence-corrected chi connectivity index (χ1v) is 17.1. The molecule has 2 unspecified atom stereocenters. The van der Waals surface area contributed by atoms with Crippen LogP contribution in [0.15, 0.2) is 82.3 Å². The van der Waals surface area contributed by atoms with E-state index in [1.165, 1.54) is 34.3 Å². The van der Waals surface area contributed by atoms with Crippen LogP contribution in [-0.2, 0) is 20.3 Å². The van der Waals surface area contributed by atoms with Crippen LogP contribution >= 0.6 is 23.4 Å². The van der Waals surface area contributed by atoms with E-state index in [2.05, 4.69) is 10.3 Å². The maximum Gasteiger partial charge on any atom is 0.380 e. The minimum absolute atomic E-state index is 0.0876. The molecule has 3 aromatic rings. The molecule has 0 saturated carbocycles. The first-order valence-electron chi connectivity index (χ1n) is 12.9. The monoisotopic (exact) mass is 647 g/mol. The molecule has 0 spiro atoms. The van der Waals surface area contributed by atoms with Crippen molar-refractivity contribution >= 4 is 54.8 Å². The number of aromatic nitrogens is 2. The maximum atomic E-state index is 13.2. The molecule has 1 saturated heterocycles. The van der Waals surface area contributed by atoms with Crippen LogP contribution in [0.4, 0.5) is 5.95 Å². The number of rotatable bonds is 8. The predicted octanol–water partition coefficient (Wildman–Crippen LogP) is 3.65. The van der Waals surface area contributed by atoms with E-state index in [1.807, 2.05) is 22.6 Å². The van der Waals surface area contributed by atoms with Gasteiger partial charge in [0, 0.05) is 36.6 Å². The van der Waals surface area contributed by atoms with Crippen LogP contribution in [0.1, 0.15) is 36.2 Å². The molecule has 6 rings (SSSR count). The molecule has 3 N–H and O–H groups in total. The lowest BCUT2D eigenvalue weighted by Crippen LogP contribution is -2.45. The zero-order valence-electron chi connectivity index (χ0n) is 21.9. The number of fused-ring (bicyclic) bond motifs is 1. The van der Waals surface area contributed by atoms with Gasteiger partial charge in [-0.3, -0.25) is 4.99 Å². The van der Waals surface area contributed by atoms with E-state index in [9.17, 15) is 16.8 Å². The van der Waals surface area contributed by atoms with E-state index in [-0.39, 0.29) is 29.3 Å². The van der Waals surface area contributed by atoms with Gasteiger partial charge in [-0.1, -0.05) is 35.5 Å². The summed E-state index contributed by atoms with van der Waals surface area (Å²) >= 11 is 7.42. The molecule has 0 bridgehead atoms. The SMILES string of the molecule is NS(=O)(=O)Oc1cccc(C2N=C3SC=CN3C2c2ccnc(N[C@@H]3CCCN(S(=O)(=O)c4ccc(Cl)cc4)C3)n2)c1. The standard InChI is InChI=1S/C26H26ClN7O5S3/c27-18-6-8-21(9-7-18)41(35,36)33-12-2-4-19(16-33)30-25-29-11-10-22(31-25)24-23(32-26-34(24)13-14-40-26)17-3-1-5-20(15-17)39-42(28,37)38/h1,3,5-11,13-15,19,23-24H,2,4,12,16H2,(H2,28,37,38)(H,29,30,31)/t19-,23?,24?/m1/s1. The number of hydrogen-bond donors (Lipinski definition) is 2.